The van der Waals surface area contributed by atoms with E-state index in [0.29, 0.717) is 24.5 Å². The molecule has 3 nitrogen and oxygen atoms in total. The normalized spacial score (nSPS) is 16.2. The molecule has 116 valence electrons. The molecule has 1 atom stereocenters. The van der Waals surface area contributed by atoms with E-state index in [1.54, 1.807) is 0 Å². The zero-order valence-electron chi connectivity index (χ0n) is 12.2. The van der Waals surface area contributed by atoms with E-state index in [0.717, 1.165) is 6.92 Å². The molecule has 0 spiro atoms. The molecule has 7 heteroatoms. The first-order valence-corrected chi connectivity index (χ1v) is 7.48. The molecule has 0 saturated heterocycles. The Labute approximate surface area is 121 Å². The van der Waals surface area contributed by atoms with Crippen molar-refractivity contribution >= 4 is 11.3 Å². The number of alkyl halides is 3. The minimum atomic E-state index is -4.54. The van der Waals surface area contributed by atoms with Gasteiger partial charge in [0.2, 0.25) is 0 Å². The van der Waals surface area contributed by atoms with Crippen LogP contribution >= 0.6 is 11.3 Å². The number of rotatable bonds is 6. The highest BCUT2D eigenvalue weighted by atomic mass is 32.1. The van der Waals surface area contributed by atoms with Crippen molar-refractivity contribution in [2.45, 2.75) is 57.9 Å². The molecule has 0 saturated carbocycles. The predicted molar refractivity (Wildman–Crippen MR) is 73.6 cm³/mol. The van der Waals surface area contributed by atoms with Gasteiger partial charge in [-0.3, -0.25) is 0 Å². The Morgan fingerprint density at radius 3 is 2.20 bits per heavy atom. The Bertz CT molecular complexity index is 439. The van der Waals surface area contributed by atoms with Crippen LogP contribution in [-0.2, 0) is 15.9 Å². The zero-order chi connectivity index (χ0) is 15.6. The second-order valence-electron chi connectivity index (χ2n) is 4.87. The fourth-order valence-electron chi connectivity index (χ4n) is 1.96. The molecule has 2 N–H and O–H groups in total. The van der Waals surface area contributed by atoms with Crippen LogP contribution in [0.15, 0.2) is 5.38 Å². The fourth-order valence-corrected chi connectivity index (χ4v) is 3.20. The molecule has 1 rings (SSSR count). The lowest BCUT2D eigenvalue weighted by atomic mass is 9.96. The topological polar surface area (TPSA) is 48.1 Å². The van der Waals surface area contributed by atoms with Crippen LogP contribution in [-0.4, -0.2) is 17.8 Å². The smallest absolute Gasteiger partial charge is 0.368 e. The van der Waals surface area contributed by atoms with Gasteiger partial charge in [0, 0.05) is 12.0 Å². The van der Waals surface area contributed by atoms with Crippen molar-refractivity contribution in [2.75, 3.05) is 6.61 Å². The van der Waals surface area contributed by atoms with Gasteiger partial charge in [0.1, 0.15) is 10.6 Å². The quantitative estimate of drug-likeness (QED) is 0.866. The average molecular weight is 310 g/mol. The van der Waals surface area contributed by atoms with Crippen LogP contribution in [0.5, 0.6) is 0 Å². The number of aromatic nitrogens is 1. The minimum Gasteiger partial charge on any atom is -0.368 e. The SMILES string of the molecule is CCOC(CC)(CC)c1nc(C(C)(N)C(F)(F)F)cs1. The third-order valence-electron chi connectivity index (χ3n) is 3.58. The Hall–Kier alpha value is -0.660. The molecule has 0 amide bonds. The summed E-state index contributed by atoms with van der Waals surface area (Å²) in [6.45, 7) is 7.15. The summed E-state index contributed by atoms with van der Waals surface area (Å²) in [6.07, 6.45) is -3.24. The lowest BCUT2D eigenvalue weighted by Crippen LogP contribution is -2.48. The highest BCUT2D eigenvalue weighted by Gasteiger charge is 2.51. The van der Waals surface area contributed by atoms with Crippen molar-refractivity contribution in [1.29, 1.82) is 0 Å². The van der Waals surface area contributed by atoms with Crippen molar-refractivity contribution in [3.8, 4) is 0 Å². The van der Waals surface area contributed by atoms with Gasteiger partial charge in [-0.15, -0.1) is 11.3 Å². The van der Waals surface area contributed by atoms with Crippen LogP contribution < -0.4 is 5.73 Å². The van der Waals surface area contributed by atoms with Crippen molar-refractivity contribution < 1.29 is 17.9 Å². The lowest BCUT2D eigenvalue weighted by molar-refractivity contribution is -0.185. The number of nitrogens with two attached hydrogens (primary N) is 1. The summed E-state index contributed by atoms with van der Waals surface area (Å²) in [7, 11) is 0. The monoisotopic (exact) mass is 310 g/mol. The van der Waals surface area contributed by atoms with E-state index < -0.39 is 17.3 Å². The van der Waals surface area contributed by atoms with Crippen LogP contribution in [0.25, 0.3) is 0 Å². The molecular formula is C13H21F3N2OS. The summed E-state index contributed by atoms with van der Waals surface area (Å²) in [4.78, 5) is 4.13. The van der Waals surface area contributed by atoms with Gasteiger partial charge in [-0.2, -0.15) is 13.2 Å². The number of nitrogens with zero attached hydrogens (tertiary/aromatic N) is 1. The summed E-state index contributed by atoms with van der Waals surface area (Å²) in [5, 5.41) is 1.93. The van der Waals surface area contributed by atoms with Crippen LogP contribution in [0.3, 0.4) is 0 Å². The highest BCUT2D eigenvalue weighted by Crippen LogP contribution is 2.40. The van der Waals surface area contributed by atoms with Crippen LogP contribution in [0, 0.1) is 0 Å². The molecule has 0 aliphatic carbocycles. The molecule has 1 aromatic heterocycles. The lowest BCUT2D eigenvalue weighted by Gasteiger charge is -2.30. The van der Waals surface area contributed by atoms with Crippen LogP contribution in [0.2, 0.25) is 0 Å². The van der Waals surface area contributed by atoms with Gasteiger partial charge in [0.25, 0.3) is 0 Å². The molecular weight excluding hydrogens is 289 g/mol. The van der Waals surface area contributed by atoms with E-state index >= 15 is 0 Å². The van der Waals surface area contributed by atoms with E-state index in [4.69, 9.17) is 10.5 Å². The van der Waals surface area contributed by atoms with E-state index in [9.17, 15) is 13.2 Å². The molecule has 20 heavy (non-hydrogen) atoms. The van der Waals surface area contributed by atoms with Gasteiger partial charge >= 0.3 is 6.18 Å². The Morgan fingerprint density at radius 1 is 1.25 bits per heavy atom. The van der Waals surface area contributed by atoms with Gasteiger partial charge in [0.15, 0.2) is 5.54 Å². The molecule has 0 aliphatic heterocycles. The van der Waals surface area contributed by atoms with Crippen molar-refractivity contribution in [1.82, 2.24) is 4.98 Å². The summed E-state index contributed by atoms with van der Waals surface area (Å²) in [6, 6.07) is 0. The average Bonchev–Trinajstić information content (AvgIpc) is 2.85. The minimum absolute atomic E-state index is 0.157. The van der Waals surface area contributed by atoms with Gasteiger partial charge in [-0.1, -0.05) is 13.8 Å². The van der Waals surface area contributed by atoms with E-state index in [1.807, 2.05) is 20.8 Å². The molecule has 0 fully saturated rings. The summed E-state index contributed by atoms with van der Waals surface area (Å²) >= 11 is 1.17. The first-order valence-electron chi connectivity index (χ1n) is 6.60. The number of ether oxygens (including phenoxy) is 1. The number of halogens is 3. The Kier molecular flexibility index (Phi) is 5.21. The van der Waals surface area contributed by atoms with Crippen molar-refractivity contribution in [3.63, 3.8) is 0 Å². The Morgan fingerprint density at radius 2 is 1.80 bits per heavy atom. The second kappa shape index (κ2) is 5.99. The Balaban J connectivity index is 3.20. The third-order valence-corrected chi connectivity index (χ3v) is 4.61. The third kappa shape index (κ3) is 2.99. The maximum absolute atomic E-state index is 12.9. The van der Waals surface area contributed by atoms with Gasteiger partial charge in [-0.25, -0.2) is 4.98 Å². The van der Waals surface area contributed by atoms with Gasteiger partial charge in [0.05, 0.1) is 5.69 Å². The number of hydrogen-bond acceptors (Lipinski definition) is 4. The van der Waals surface area contributed by atoms with Gasteiger partial charge < -0.3 is 10.5 Å². The molecule has 0 radical (unpaired) electrons. The predicted octanol–water partition coefficient (Wildman–Crippen LogP) is 3.93. The summed E-state index contributed by atoms with van der Waals surface area (Å²) in [5.74, 6) is 0. The maximum Gasteiger partial charge on any atom is 0.411 e. The van der Waals surface area contributed by atoms with E-state index in [-0.39, 0.29) is 5.69 Å². The first kappa shape index (κ1) is 17.4. The summed E-state index contributed by atoms with van der Waals surface area (Å²) < 4.78 is 44.6. The molecule has 1 aromatic rings. The van der Waals surface area contributed by atoms with Crippen LogP contribution in [0.1, 0.15) is 51.2 Å². The first-order chi connectivity index (χ1) is 9.14. The maximum atomic E-state index is 12.9. The molecule has 1 unspecified atom stereocenters. The molecule has 0 aromatic carbocycles. The number of hydrogen-bond donors (Lipinski definition) is 1. The standard InChI is InChI=1S/C13H21F3N2OS/c1-5-12(6-2,19-7-3)10-18-9(8-20-10)11(4,17)13(14,15)16/h8H,5-7,17H2,1-4H3. The number of thiazole rings is 1. The largest absolute Gasteiger partial charge is 0.411 e. The van der Waals surface area contributed by atoms with E-state index in [1.165, 1.54) is 16.7 Å². The summed E-state index contributed by atoms with van der Waals surface area (Å²) in [5.41, 5.74) is 2.18. The molecule has 0 aliphatic rings. The highest BCUT2D eigenvalue weighted by molar-refractivity contribution is 7.09. The van der Waals surface area contributed by atoms with E-state index in [2.05, 4.69) is 4.98 Å². The van der Waals surface area contributed by atoms with Gasteiger partial charge in [-0.05, 0) is 26.7 Å². The fraction of sp³-hybridized carbons (Fsp3) is 0.769. The van der Waals surface area contributed by atoms with Crippen molar-refractivity contribution in [3.05, 3.63) is 16.1 Å². The van der Waals surface area contributed by atoms with Crippen LogP contribution in [0.4, 0.5) is 13.2 Å². The van der Waals surface area contributed by atoms with Crippen molar-refractivity contribution in [2.24, 2.45) is 5.73 Å². The molecule has 0 bridgehead atoms. The zero-order valence-corrected chi connectivity index (χ0v) is 13.0. The molecule has 1 heterocycles. The second-order valence-corrected chi connectivity index (χ2v) is 5.73.